The van der Waals surface area contributed by atoms with E-state index in [1.807, 2.05) is 6.92 Å². The molecule has 1 N–H and O–H groups in total. The molecular formula is C14H19N3. The fraction of sp³-hybridized carbons (Fsp3) is 0.500. The smallest absolute Gasteiger partial charge is 0.136 e. The predicted molar refractivity (Wildman–Crippen MR) is 69.0 cm³/mol. The van der Waals surface area contributed by atoms with Gasteiger partial charge < -0.3 is 9.72 Å². The summed E-state index contributed by atoms with van der Waals surface area (Å²) in [5, 5.41) is 3.54. The third-order valence-electron chi connectivity index (χ3n) is 3.62. The van der Waals surface area contributed by atoms with E-state index in [2.05, 4.69) is 39.2 Å². The molecule has 3 heteroatoms. The Morgan fingerprint density at radius 2 is 2.24 bits per heavy atom. The number of pyridine rings is 1. The summed E-state index contributed by atoms with van der Waals surface area (Å²) in [4.78, 5) is 4.43. The summed E-state index contributed by atoms with van der Waals surface area (Å²) in [6.45, 7) is 4.16. The van der Waals surface area contributed by atoms with Crippen molar-refractivity contribution in [2.45, 2.75) is 32.7 Å². The molecule has 0 saturated heterocycles. The second kappa shape index (κ2) is 4.49. The van der Waals surface area contributed by atoms with Gasteiger partial charge in [-0.15, -0.1) is 0 Å². The molecule has 1 aliphatic rings. The molecule has 1 aliphatic carbocycles. The van der Waals surface area contributed by atoms with Crippen molar-refractivity contribution in [2.24, 2.45) is 5.92 Å². The molecule has 90 valence electrons. The summed E-state index contributed by atoms with van der Waals surface area (Å²) in [6.07, 6.45) is 8.49. The first kappa shape index (κ1) is 10.8. The summed E-state index contributed by atoms with van der Waals surface area (Å²) in [7, 11) is 0. The second-order valence-corrected chi connectivity index (χ2v) is 5.11. The van der Waals surface area contributed by atoms with Crippen LogP contribution in [0.2, 0.25) is 0 Å². The van der Waals surface area contributed by atoms with E-state index in [0.717, 1.165) is 23.8 Å². The number of fused-ring (bicyclic) bond motifs is 1. The van der Waals surface area contributed by atoms with Crippen LogP contribution in [0.15, 0.2) is 24.5 Å². The summed E-state index contributed by atoms with van der Waals surface area (Å²) >= 11 is 0. The van der Waals surface area contributed by atoms with Crippen molar-refractivity contribution in [2.75, 3.05) is 6.54 Å². The minimum Gasteiger partial charge on any atom is -0.312 e. The molecule has 2 aromatic rings. The Bertz CT molecular complexity index is 511. The molecule has 1 saturated carbocycles. The van der Waals surface area contributed by atoms with Crippen LogP contribution in [0.3, 0.4) is 0 Å². The van der Waals surface area contributed by atoms with Crippen molar-refractivity contribution in [1.29, 1.82) is 0 Å². The summed E-state index contributed by atoms with van der Waals surface area (Å²) in [6, 6.07) is 4.25. The SMILES string of the molecule is Cc1cn2cc(CNCC3CCC3)ccc2n1. The highest BCUT2D eigenvalue weighted by Crippen LogP contribution is 2.25. The highest BCUT2D eigenvalue weighted by Gasteiger charge is 2.16. The van der Waals surface area contributed by atoms with E-state index in [1.54, 1.807) is 0 Å². The van der Waals surface area contributed by atoms with E-state index >= 15 is 0 Å². The van der Waals surface area contributed by atoms with Crippen molar-refractivity contribution in [3.05, 3.63) is 35.8 Å². The van der Waals surface area contributed by atoms with E-state index in [1.165, 1.54) is 31.4 Å². The number of nitrogens with zero attached hydrogens (tertiary/aromatic N) is 2. The van der Waals surface area contributed by atoms with Crippen molar-refractivity contribution in [3.63, 3.8) is 0 Å². The lowest BCUT2D eigenvalue weighted by molar-refractivity contribution is 0.301. The van der Waals surface area contributed by atoms with Crippen LogP contribution in [0.25, 0.3) is 5.65 Å². The number of hydrogen-bond acceptors (Lipinski definition) is 2. The Morgan fingerprint density at radius 1 is 1.35 bits per heavy atom. The van der Waals surface area contributed by atoms with Crippen molar-refractivity contribution in [1.82, 2.24) is 14.7 Å². The number of aryl methyl sites for hydroxylation is 1. The molecule has 2 aromatic heterocycles. The average molecular weight is 229 g/mol. The van der Waals surface area contributed by atoms with Crippen LogP contribution < -0.4 is 5.32 Å². The molecule has 0 unspecified atom stereocenters. The Labute approximate surface area is 102 Å². The van der Waals surface area contributed by atoms with Crippen LogP contribution in [-0.2, 0) is 6.54 Å². The fourth-order valence-electron chi connectivity index (χ4n) is 2.39. The molecule has 0 radical (unpaired) electrons. The van der Waals surface area contributed by atoms with E-state index in [-0.39, 0.29) is 0 Å². The van der Waals surface area contributed by atoms with Crippen molar-refractivity contribution in [3.8, 4) is 0 Å². The minimum atomic E-state index is 0.925. The van der Waals surface area contributed by atoms with Gasteiger partial charge in [-0.05, 0) is 43.9 Å². The van der Waals surface area contributed by atoms with Crippen molar-refractivity contribution >= 4 is 5.65 Å². The number of hydrogen-bond donors (Lipinski definition) is 1. The van der Waals surface area contributed by atoms with Gasteiger partial charge in [0.05, 0.1) is 5.69 Å². The first-order valence-corrected chi connectivity index (χ1v) is 6.46. The lowest BCUT2D eigenvalue weighted by Gasteiger charge is -2.25. The molecule has 3 rings (SSSR count). The first-order valence-electron chi connectivity index (χ1n) is 6.46. The van der Waals surface area contributed by atoms with Crippen LogP contribution in [0.4, 0.5) is 0 Å². The number of rotatable bonds is 4. The van der Waals surface area contributed by atoms with Crippen molar-refractivity contribution < 1.29 is 0 Å². The van der Waals surface area contributed by atoms with E-state index < -0.39 is 0 Å². The maximum absolute atomic E-state index is 4.43. The van der Waals surface area contributed by atoms with Gasteiger partial charge in [0.2, 0.25) is 0 Å². The third kappa shape index (κ3) is 2.34. The Kier molecular flexibility index (Phi) is 2.85. The zero-order valence-electron chi connectivity index (χ0n) is 10.3. The lowest BCUT2D eigenvalue weighted by atomic mass is 9.85. The van der Waals surface area contributed by atoms with Crippen LogP contribution in [0.1, 0.15) is 30.5 Å². The molecule has 0 bridgehead atoms. The van der Waals surface area contributed by atoms with Gasteiger partial charge in [-0.1, -0.05) is 12.5 Å². The van der Waals surface area contributed by atoms with Gasteiger partial charge in [0, 0.05) is 18.9 Å². The van der Waals surface area contributed by atoms with E-state index in [0.29, 0.717) is 0 Å². The molecular weight excluding hydrogens is 210 g/mol. The van der Waals surface area contributed by atoms with Gasteiger partial charge in [-0.2, -0.15) is 0 Å². The molecule has 0 aliphatic heterocycles. The zero-order valence-corrected chi connectivity index (χ0v) is 10.3. The van der Waals surface area contributed by atoms with Gasteiger partial charge in [0.1, 0.15) is 5.65 Å². The fourth-order valence-corrected chi connectivity index (χ4v) is 2.39. The highest BCUT2D eigenvalue weighted by atomic mass is 15.0. The molecule has 0 spiro atoms. The van der Waals surface area contributed by atoms with Crippen LogP contribution in [0, 0.1) is 12.8 Å². The molecule has 3 nitrogen and oxygen atoms in total. The van der Waals surface area contributed by atoms with Gasteiger partial charge in [-0.25, -0.2) is 4.98 Å². The predicted octanol–water partition coefficient (Wildman–Crippen LogP) is 2.53. The standard InChI is InChI=1S/C14H19N3/c1-11-9-17-10-13(5-6-14(17)16-11)8-15-7-12-3-2-4-12/h5-6,9-10,12,15H,2-4,7-8H2,1H3. The van der Waals surface area contributed by atoms with Gasteiger partial charge in [0.25, 0.3) is 0 Å². The normalized spacial score (nSPS) is 16.3. The quantitative estimate of drug-likeness (QED) is 0.873. The van der Waals surface area contributed by atoms with Crippen LogP contribution in [0.5, 0.6) is 0 Å². The number of aromatic nitrogens is 2. The Balaban J connectivity index is 1.63. The highest BCUT2D eigenvalue weighted by molar-refractivity contribution is 5.41. The first-order chi connectivity index (χ1) is 8.31. The summed E-state index contributed by atoms with van der Waals surface area (Å²) < 4.78 is 2.11. The summed E-state index contributed by atoms with van der Waals surface area (Å²) in [5.41, 5.74) is 3.43. The van der Waals surface area contributed by atoms with E-state index in [9.17, 15) is 0 Å². The number of nitrogens with one attached hydrogen (secondary N) is 1. The third-order valence-corrected chi connectivity index (χ3v) is 3.62. The van der Waals surface area contributed by atoms with E-state index in [4.69, 9.17) is 0 Å². The maximum Gasteiger partial charge on any atom is 0.136 e. The zero-order chi connectivity index (χ0) is 11.7. The number of imidazole rings is 1. The molecule has 1 fully saturated rings. The molecule has 0 atom stereocenters. The molecule has 17 heavy (non-hydrogen) atoms. The van der Waals surface area contributed by atoms with Gasteiger partial charge in [-0.3, -0.25) is 0 Å². The molecule has 0 amide bonds. The summed E-state index contributed by atoms with van der Waals surface area (Å²) in [5.74, 6) is 0.925. The Hall–Kier alpha value is -1.35. The average Bonchev–Trinajstić information content (AvgIpc) is 2.61. The maximum atomic E-state index is 4.43. The largest absolute Gasteiger partial charge is 0.312 e. The molecule has 0 aromatic carbocycles. The van der Waals surface area contributed by atoms with Gasteiger partial charge in [0.15, 0.2) is 0 Å². The van der Waals surface area contributed by atoms with Crippen LogP contribution >= 0.6 is 0 Å². The van der Waals surface area contributed by atoms with Gasteiger partial charge >= 0.3 is 0 Å². The Morgan fingerprint density at radius 3 is 3.00 bits per heavy atom. The minimum absolute atomic E-state index is 0.925. The monoisotopic (exact) mass is 229 g/mol. The van der Waals surface area contributed by atoms with Crippen LogP contribution in [-0.4, -0.2) is 15.9 Å². The topological polar surface area (TPSA) is 29.3 Å². The molecule has 2 heterocycles. The lowest BCUT2D eigenvalue weighted by Crippen LogP contribution is -2.26. The second-order valence-electron chi connectivity index (χ2n) is 5.11.